The number of carbonyl (C=O) groups is 1. The molecule has 1 atom stereocenters. The zero-order valence-electron chi connectivity index (χ0n) is 14.1. The van der Waals surface area contributed by atoms with Crippen LogP contribution in [0.15, 0.2) is 41.2 Å². The van der Waals surface area contributed by atoms with Gasteiger partial charge in [0.15, 0.2) is 0 Å². The van der Waals surface area contributed by atoms with E-state index in [0.717, 1.165) is 25.9 Å². The Balaban J connectivity index is 1.52. The third kappa shape index (κ3) is 4.67. The monoisotopic (exact) mass is 341 g/mol. The molecule has 1 saturated heterocycles. The lowest BCUT2D eigenvalue weighted by atomic mass is 10.1. The number of carbonyl (C=O) groups excluding carboxylic acids is 1. The Bertz CT molecular complexity index is 775. The minimum atomic E-state index is -0.279. The van der Waals surface area contributed by atoms with Crippen molar-refractivity contribution in [2.75, 3.05) is 18.8 Å². The molecule has 1 unspecified atom stereocenters. The summed E-state index contributed by atoms with van der Waals surface area (Å²) in [6.07, 6.45) is 2.33. The molecule has 2 aromatic rings. The zero-order valence-corrected chi connectivity index (χ0v) is 14.1. The molecule has 0 saturated carbocycles. The molecule has 7 heteroatoms. The van der Waals surface area contributed by atoms with Gasteiger partial charge in [0.05, 0.1) is 6.04 Å². The van der Waals surface area contributed by atoms with Crippen molar-refractivity contribution in [3.8, 4) is 0 Å². The highest BCUT2D eigenvalue weighted by molar-refractivity contribution is 5.82. The van der Waals surface area contributed by atoms with E-state index in [2.05, 4.69) is 32.3 Å². The maximum absolute atomic E-state index is 12.5. The number of aromatic amines is 1. The number of H-pyrrole nitrogens is 1. The summed E-state index contributed by atoms with van der Waals surface area (Å²) in [5, 5.41) is 2.94. The van der Waals surface area contributed by atoms with E-state index in [4.69, 9.17) is 5.73 Å². The lowest BCUT2D eigenvalue weighted by Gasteiger charge is -2.23. The summed E-state index contributed by atoms with van der Waals surface area (Å²) < 4.78 is 0. The smallest absolute Gasteiger partial charge is 0.252 e. The number of amides is 1. The van der Waals surface area contributed by atoms with Gasteiger partial charge in [-0.1, -0.05) is 30.3 Å². The topological polar surface area (TPSA) is 104 Å². The third-order valence-corrected chi connectivity index (χ3v) is 4.37. The molecule has 1 aromatic heterocycles. The molecule has 25 heavy (non-hydrogen) atoms. The zero-order chi connectivity index (χ0) is 17.6. The molecule has 0 spiro atoms. The van der Waals surface area contributed by atoms with Gasteiger partial charge >= 0.3 is 0 Å². The summed E-state index contributed by atoms with van der Waals surface area (Å²) in [6, 6.07) is 11.3. The summed E-state index contributed by atoms with van der Waals surface area (Å²) >= 11 is 0. The van der Waals surface area contributed by atoms with Gasteiger partial charge in [0.25, 0.3) is 5.56 Å². The average Bonchev–Trinajstić information content (AvgIpc) is 3.03. The summed E-state index contributed by atoms with van der Waals surface area (Å²) in [5.74, 6) is 0.701. The van der Waals surface area contributed by atoms with Crippen molar-refractivity contribution < 1.29 is 4.79 Å². The number of benzene rings is 1. The minimum Gasteiger partial charge on any atom is -0.383 e. The maximum Gasteiger partial charge on any atom is 0.252 e. The van der Waals surface area contributed by atoms with Crippen molar-refractivity contribution in [1.29, 1.82) is 0 Å². The van der Waals surface area contributed by atoms with E-state index in [9.17, 15) is 9.59 Å². The second-order valence-corrected chi connectivity index (χ2v) is 6.27. The predicted molar refractivity (Wildman–Crippen MR) is 95.9 cm³/mol. The molecule has 1 aromatic carbocycles. The molecule has 1 aliphatic rings. The van der Waals surface area contributed by atoms with Gasteiger partial charge in [0, 0.05) is 25.6 Å². The van der Waals surface area contributed by atoms with Gasteiger partial charge in [-0.25, -0.2) is 4.98 Å². The highest BCUT2D eigenvalue weighted by Crippen LogP contribution is 2.20. The van der Waals surface area contributed by atoms with Crippen LogP contribution in [0.2, 0.25) is 0 Å². The number of nitrogens with one attached hydrogen (secondary N) is 2. The van der Waals surface area contributed by atoms with E-state index in [1.165, 1.54) is 11.6 Å². The molecule has 7 nitrogen and oxygen atoms in total. The number of likely N-dealkylation sites (tertiary alicyclic amines) is 1. The second kappa shape index (κ2) is 7.94. The Morgan fingerprint density at radius 2 is 2.16 bits per heavy atom. The van der Waals surface area contributed by atoms with Crippen molar-refractivity contribution in [3.05, 3.63) is 58.1 Å². The Morgan fingerprint density at radius 1 is 1.36 bits per heavy atom. The van der Waals surface area contributed by atoms with Crippen LogP contribution in [0.25, 0.3) is 0 Å². The molecule has 3 rings (SSSR count). The molecule has 0 aliphatic carbocycles. The summed E-state index contributed by atoms with van der Waals surface area (Å²) in [6.45, 7) is 2.13. The van der Waals surface area contributed by atoms with E-state index in [0.29, 0.717) is 18.8 Å². The SMILES string of the molecule is Nc1cc(=O)[nH]c(CCNC(=O)C2CCCN2Cc2ccccc2)n1. The Morgan fingerprint density at radius 3 is 2.92 bits per heavy atom. The molecular formula is C18H23N5O2. The van der Waals surface area contributed by atoms with Crippen LogP contribution in [0.3, 0.4) is 0 Å². The Labute approximate surface area is 146 Å². The molecule has 1 fully saturated rings. The molecule has 1 amide bonds. The molecule has 2 heterocycles. The number of nitrogen functional groups attached to an aromatic ring is 1. The van der Waals surface area contributed by atoms with Gasteiger partial charge in [-0.15, -0.1) is 0 Å². The lowest BCUT2D eigenvalue weighted by Crippen LogP contribution is -2.43. The fraction of sp³-hybridized carbons (Fsp3) is 0.389. The molecule has 132 valence electrons. The van der Waals surface area contributed by atoms with Crippen LogP contribution in [0.4, 0.5) is 5.82 Å². The van der Waals surface area contributed by atoms with Crippen LogP contribution in [0.1, 0.15) is 24.2 Å². The van der Waals surface area contributed by atoms with Crippen molar-refractivity contribution >= 4 is 11.7 Å². The Kier molecular flexibility index (Phi) is 5.45. The standard InChI is InChI=1S/C18H23N5O2/c19-15-11-17(24)22-16(21-15)8-9-20-18(25)14-7-4-10-23(14)12-13-5-2-1-3-6-13/h1-3,5-6,11,14H,4,7-10,12H2,(H,20,25)(H3,19,21,22,24). The molecule has 1 aliphatic heterocycles. The van der Waals surface area contributed by atoms with Gasteiger partial charge in [0.1, 0.15) is 11.6 Å². The average molecular weight is 341 g/mol. The van der Waals surface area contributed by atoms with Gasteiger partial charge in [-0.2, -0.15) is 0 Å². The molecular weight excluding hydrogens is 318 g/mol. The Hall–Kier alpha value is -2.67. The first-order chi connectivity index (χ1) is 12.1. The number of aromatic nitrogens is 2. The van der Waals surface area contributed by atoms with E-state index in [-0.39, 0.29) is 23.3 Å². The highest BCUT2D eigenvalue weighted by atomic mass is 16.2. The quantitative estimate of drug-likeness (QED) is 0.717. The summed E-state index contributed by atoms with van der Waals surface area (Å²) in [7, 11) is 0. The largest absolute Gasteiger partial charge is 0.383 e. The van der Waals surface area contributed by atoms with Gasteiger partial charge in [-0.05, 0) is 24.9 Å². The van der Waals surface area contributed by atoms with Crippen LogP contribution >= 0.6 is 0 Å². The van der Waals surface area contributed by atoms with E-state index < -0.39 is 0 Å². The minimum absolute atomic E-state index is 0.0275. The number of nitrogens with two attached hydrogens (primary N) is 1. The second-order valence-electron chi connectivity index (χ2n) is 6.27. The third-order valence-electron chi connectivity index (χ3n) is 4.37. The first-order valence-electron chi connectivity index (χ1n) is 8.53. The van der Waals surface area contributed by atoms with E-state index in [1.807, 2.05) is 18.2 Å². The van der Waals surface area contributed by atoms with E-state index >= 15 is 0 Å². The molecule has 4 N–H and O–H groups in total. The summed E-state index contributed by atoms with van der Waals surface area (Å²) in [4.78, 5) is 32.8. The van der Waals surface area contributed by atoms with Crippen LogP contribution in [-0.2, 0) is 17.8 Å². The first-order valence-corrected chi connectivity index (χ1v) is 8.53. The van der Waals surface area contributed by atoms with Gasteiger partial charge < -0.3 is 16.0 Å². The van der Waals surface area contributed by atoms with E-state index in [1.54, 1.807) is 0 Å². The fourth-order valence-electron chi connectivity index (χ4n) is 3.20. The van der Waals surface area contributed by atoms with Gasteiger partial charge in [0.2, 0.25) is 5.91 Å². The number of rotatable bonds is 6. The summed E-state index contributed by atoms with van der Waals surface area (Å²) in [5.41, 5.74) is 6.49. The lowest BCUT2D eigenvalue weighted by molar-refractivity contribution is -0.125. The van der Waals surface area contributed by atoms with Crippen molar-refractivity contribution in [2.45, 2.75) is 31.8 Å². The first kappa shape index (κ1) is 17.2. The van der Waals surface area contributed by atoms with Crippen LogP contribution in [0, 0.1) is 0 Å². The van der Waals surface area contributed by atoms with Crippen LogP contribution in [0.5, 0.6) is 0 Å². The van der Waals surface area contributed by atoms with Crippen molar-refractivity contribution in [2.24, 2.45) is 0 Å². The van der Waals surface area contributed by atoms with Crippen molar-refractivity contribution in [1.82, 2.24) is 20.2 Å². The van der Waals surface area contributed by atoms with Crippen LogP contribution in [-0.4, -0.2) is 39.9 Å². The number of hydrogen-bond acceptors (Lipinski definition) is 5. The maximum atomic E-state index is 12.5. The number of nitrogens with zero attached hydrogens (tertiary/aromatic N) is 2. The molecule has 0 radical (unpaired) electrons. The van der Waals surface area contributed by atoms with Crippen LogP contribution < -0.4 is 16.6 Å². The molecule has 0 bridgehead atoms. The number of hydrogen-bond donors (Lipinski definition) is 3. The predicted octanol–water partition coefficient (Wildman–Crippen LogP) is 0.675. The van der Waals surface area contributed by atoms with Gasteiger partial charge in [-0.3, -0.25) is 14.5 Å². The fourth-order valence-corrected chi connectivity index (χ4v) is 3.20. The van der Waals surface area contributed by atoms with Crippen molar-refractivity contribution in [3.63, 3.8) is 0 Å². The normalized spacial score (nSPS) is 17.5. The number of anilines is 1. The highest BCUT2D eigenvalue weighted by Gasteiger charge is 2.30.